The molecule has 27 heavy (non-hydrogen) atoms. The molecule has 1 radical (unpaired) electrons. The summed E-state index contributed by atoms with van der Waals surface area (Å²) in [4.78, 5) is 11.9. The number of carbonyl (C=O) groups is 1. The van der Waals surface area contributed by atoms with Gasteiger partial charge in [0.1, 0.15) is 5.75 Å². The van der Waals surface area contributed by atoms with Crippen molar-refractivity contribution in [2.75, 3.05) is 0 Å². The summed E-state index contributed by atoms with van der Waals surface area (Å²) in [5.41, 5.74) is 8.47. The number of primary amides is 1. The van der Waals surface area contributed by atoms with Gasteiger partial charge in [-0.3, -0.25) is 4.79 Å². The van der Waals surface area contributed by atoms with Crippen LogP contribution in [0.5, 0.6) is 5.75 Å². The number of hydrogen-bond donors (Lipinski definition) is 1. The fourth-order valence-electron chi connectivity index (χ4n) is 3.39. The van der Waals surface area contributed by atoms with E-state index in [0.717, 1.165) is 27.4 Å². The third-order valence-electron chi connectivity index (χ3n) is 4.44. The molecule has 4 rings (SSSR count). The second-order valence-corrected chi connectivity index (χ2v) is 6.11. The van der Waals surface area contributed by atoms with E-state index in [4.69, 9.17) is 5.73 Å². The van der Waals surface area contributed by atoms with Crippen molar-refractivity contribution in [1.29, 1.82) is 0 Å². The molecule has 135 valence electrons. The van der Waals surface area contributed by atoms with Crippen molar-refractivity contribution in [3.05, 3.63) is 77.9 Å². The monoisotopic (exact) mass is 365 g/mol. The maximum Gasteiger partial charge on any atom is 0.387 e. The van der Waals surface area contributed by atoms with Crippen LogP contribution >= 0.6 is 0 Å². The van der Waals surface area contributed by atoms with Crippen LogP contribution in [0, 0.1) is 6.07 Å². The molecular formula is C21H15F2N2O2. The van der Waals surface area contributed by atoms with Gasteiger partial charge in [-0.2, -0.15) is 8.78 Å². The minimum atomic E-state index is -2.87. The number of halogens is 2. The van der Waals surface area contributed by atoms with E-state index in [0.29, 0.717) is 12.1 Å². The largest absolute Gasteiger partial charge is 0.435 e. The number of nitrogens with two attached hydrogens (primary N) is 1. The van der Waals surface area contributed by atoms with Crippen molar-refractivity contribution >= 4 is 27.7 Å². The smallest absolute Gasteiger partial charge is 0.387 e. The van der Waals surface area contributed by atoms with E-state index in [1.807, 2.05) is 28.8 Å². The van der Waals surface area contributed by atoms with Gasteiger partial charge in [0.05, 0.1) is 11.0 Å². The van der Waals surface area contributed by atoms with E-state index in [1.165, 1.54) is 6.07 Å². The molecule has 0 saturated heterocycles. The highest BCUT2D eigenvalue weighted by molar-refractivity contribution is 6.17. The van der Waals surface area contributed by atoms with Gasteiger partial charge in [0.25, 0.3) is 0 Å². The Labute approximate surface area is 153 Å². The van der Waals surface area contributed by atoms with Crippen LogP contribution < -0.4 is 10.5 Å². The summed E-state index contributed by atoms with van der Waals surface area (Å²) in [7, 11) is 0. The van der Waals surface area contributed by atoms with Crippen LogP contribution in [-0.2, 0) is 6.54 Å². The quantitative estimate of drug-likeness (QED) is 0.572. The summed E-state index contributed by atoms with van der Waals surface area (Å²) in [5, 5.41) is 1.53. The average molecular weight is 365 g/mol. The topological polar surface area (TPSA) is 57.2 Å². The molecule has 1 amide bonds. The Morgan fingerprint density at radius 3 is 2.67 bits per heavy atom. The fourth-order valence-corrected chi connectivity index (χ4v) is 3.39. The lowest BCUT2D eigenvalue weighted by Gasteiger charge is -2.10. The number of benzene rings is 3. The lowest BCUT2D eigenvalue weighted by Crippen LogP contribution is -2.11. The molecule has 0 bridgehead atoms. The van der Waals surface area contributed by atoms with Gasteiger partial charge < -0.3 is 15.0 Å². The van der Waals surface area contributed by atoms with Gasteiger partial charge in [0.2, 0.25) is 5.91 Å². The molecule has 0 aliphatic carbocycles. The maximum absolute atomic E-state index is 12.5. The highest BCUT2D eigenvalue weighted by atomic mass is 19.3. The molecule has 0 saturated carbocycles. The Morgan fingerprint density at radius 1 is 1.11 bits per heavy atom. The number of aromatic nitrogens is 1. The zero-order valence-corrected chi connectivity index (χ0v) is 14.2. The molecule has 4 aromatic rings. The normalized spacial score (nSPS) is 11.4. The van der Waals surface area contributed by atoms with Crippen molar-refractivity contribution in [3.63, 3.8) is 0 Å². The molecule has 6 heteroatoms. The molecule has 3 aromatic carbocycles. The number of alkyl halides is 2. The molecule has 4 nitrogen and oxygen atoms in total. The van der Waals surface area contributed by atoms with E-state index in [1.54, 1.807) is 30.3 Å². The van der Waals surface area contributed by atoms with E-state index < -0.39 is 12.5 Å². The van der Waals surface area contributed by atoms with Crippen LogP contribution in [-0.4, -0.2) is 17.1 Å². The second-order valence-electron chi connectivity index (χ2n) is 6.11. The minimum absolute atomic E-state index is 0.104. The van der Waals surface area contributed by atoms with E-state index >= 15 is 0 Å². The van der Waals surface area contributed by atoms with Crippen LogP contribution in [0.4, 0.5) is 8.78 Å². The summed E-state index contributed by atoms with van der Waals surface area (Å²) < 4.78 is 31.5. The van der Waals surface area contributed by atoms with Gasteiger partial charge in [0, 0.05) is 22.9 Å². The first-order chi connectivity index (χ1) is 13.0. The minimum Gasteiger partial charge on any atom is -0.435 e. The number of carbonyl (C=O) groups excluding carboxylic acids is 1. The summed E-state index contributed by atoms with van der Waals surface area (Å²) >= 11 is 0. The number of nitrogens with zero attached hydrogens (tertiary/aromatic N) is 1. The van der Waals surface area contributed by atoms with Crippen molar-refractivity contribution in [2.45, 2.75) is 13.2 Å². The molecule has 0 unspecified atom stereocenters. The summed E-state index contributed by atoms with van der Waals surface area (Å²) in [6.45, 7) is -2.46. The molecule has 0 spiro atoms. The first-order valence-corrected chi connectivity index (χ1v) is 8.30. The van der Waals surface area contributed by atoms with Crippen molar-refractivity contribution < 1.29 is 18.3 Å². The lowest BCUT2D eigenvalue weighted by atomic mass is 10.1. The van der Waals surface area contributed by atoms with Gasteiger partial charge in [-0.15, -0.1) is 0 Å². The van der Waals surface area contributed by atoms with Gasteiger partial charge in [0.15, 0.2) is 0 Å². The SMILES string of the molecule is NC(=O)c1cccc2c1c1[c]cccc1n2Cc1cccc(OC(F)F)c1. The van der Waals surface area contributed by atoms with Crippen LogP contribution in [0.15, 0.2) is 60.7 Å². The molecule has 0 aliphatic heterocycles. The number of ether oxygens (including phenoxy) is 1. The number of amides is 1. The molecule has 0 atom stereocenters. The second kappa shape index (κ2) is 6.72. The van der Waals surface area contributed by atoms with E-state index in [2.05, 4.69) is 10.8 Å². The standard InChI is InChI=1S/C21H15F2N2O2/c22-21(23)27-14-6-3-5-13(11-14)12-25-17-9-2-1-7-15(17)19-16(20(24)26)8-4-10-18(19)25/h1-6,8-11,21H,12H2,(H2,24,26). The third-order valence-corrected chi connectivity index (χ3v) is 4.44. The predicted molar refractivity (Wildman–Crippen MR) is 99.0 cm³/mol. The van der Waals surface area contributed by atoms with Crippen LogP contribution in [0.3, 0.4) is 0 Å². The summed E-state index contributed by atoms with van der Waals surface area (Å²) in [6, 6.07) is 20.7. The Bertz CT molecular complexity index is 1150. The Morgan fingerprint density at radius 2 is 1.89 bits per heavy atom. The third kappa shape index (κ3) is 3.10. The maximum atomic E-state index is 12.5. The Kier molecular flexibility index (Phi) is 4.24. The summed E-state index contributed by atoms with van der Waals surface area (Å²) in [5.74, 6) is -0.406. The van der Waals surface area contributed by atoms with Gasteiger partial charge in [-0.25, -0.2) is 0 Å². The van der Waals surface area contributed by atoms with Crippen LogP contribution in [0.2, 0.25) is 0 Å². The predicted octanol–water partition coefficient (Wildman–Crippen LogP) is 4.34. The highest BCUT2D eigenvalue weighted by Crippen LogP contribution is 2.32. The first-order valence-electron chi connectivity index (χ1n) is 8.30. The van der Waals surface area contributed by atoms with Crippen LogP contribution in [0.1, 0.15) is 15.9 Å². The number of hydrogen-bond acceptors (Lipinski definition) is 2. The first kappa shape index (κ1) is 17.0. The van der Waals surface area contributed by atoms with Crippen molar-refractivity contribution in [3.8, 4) is 5.75 Å². The van der Waals surface area contributed by atoms with Gasteiger partial charge in [-0.05, 0) is 42.0 Å². The molecular weight excluding hydrogens is 350 g/mol. The average Bonchev–Trinajstić information content (AvgIpc) is 2.96. The Balaban J connectivity index is 1.89. The zero-order valence-electron chi connectivity index (χ0n) is 14.2. The number of fused-ring (bicyclic) bond motifs is 3. The van der Waals surface area contributed by atoms with E-state index in [9.17, 15) is 13.6 Å². The van der Waals surface area contributed by atoms with Crippen molar-refractivity contribution in [2.24, 2.45) is 5.73 Å². The van der Waals surface area contributed by atoms with Gasteiger partial charge in [-0.1, -0.05) is 30.3 Å². The van der Waals surface area contributed by atoms with Crippen molar-refractivity contribution in [1.82, 2.24) is 4.57 Å². The van der Waals surface area contributed by atoms with E-state index in [-0.39, 0.29) is 5.75 Å². The fraction of sp³-hybridized carbons (Fsp3) is 0.0952. The molecule has 0 fully saturated rings. The zero-order chi connectivity index (χ0) is 19.0. The molecule has 2 N–H and O–H groups in total. The molecule has 1 heterocycles. The summed E-state index contributed by atoms with van der Waals surface area (Å²) in [6.07, 6.45) is 0. The number of rotatable bonds is 5. The highest BCUT2D eigenvalue weighted by Gasteiger charge is 2.16. The van der Waals surface area contributed by atoms with Crippen LogP contribution in [0.25, 0.3) is 21.8 Å². The molecule has 0 aliphatic rings. The molecule has 1 aromatic heterocycles. The Hall–Kier alpha value is -3.41. The lowest BCUT2D eigenvalue weighted by molar-refractivity contribution is -0.0498. The van der Waals surface area contributed by atoms with Gasteiger partial charge >= 0.3 is 6.61 Å².